The first-order valence-electron chi connectivity index (χ1n) is 6.79. The highest BCUT2D eigenvalue weighted by Crippen LogP contribution is 2.25. The smallest absolute Gasteiger partial charge is 0.244 e. The average molecular weight is 330 g/mol. The molecule has 1 N–H and O–H groups in total. The van der Waals surface area contributed by atoms with Gasteiger partial charge in [0, 0.05) is 19.2 Å². The molecule has 0 unspecified atom stereocenters. The minimum absolute atomic E-state index is 0.0812. The van der Waals surface area contributed by atoms with Crippen molar-refractivity contribution in [3.8, 4) is 11.8 Å². The Labute approximate surface area is 131 Å². The molecule has 0 amide bonds. The van der Waals surface area contributed by atoms with Gasteiger partial charge in [-0.2, -0.15) is 0 Å². The lowest BCUT2D eigenvalue weighted by molar-refractivity contribution is 0.350. The van der Waals surface area contributed by atoms with Crippen molar-refractivity contribution in [1.82, 2.24) is 4.31 Å². The minimum atomic E-state index is -3.58. The van der Waals surface area contributed by atoms with Crippen molar-refractivity contribution in [2.24, 2.45) is 0 Å². The number of aliphatic hydroxyl groups is 1. The quantitative estimate of drug-likeness (QED) is 0.644. The van der Waals surface area contributed by atoms with Crippen LogP contribution in [0.1, 0.15) is 31.7 Å². The third-order valence-electron chi connectivity index (χ3n) is 3.01. The van der Waals surface area contributed by atoms with E-state index < -0.39 is 10.0 Å². The normalized spacial score (nSPS) is 11.3. The SMILES string of the molecule is CCCCCN(C)S(=O)(=O)c1ccc(C#CCO)cc1Cl. The maximum atomic E-state index is 12.4. The molecule has 116 valence electrons. The zero-order valence-corrected chi connectivity index (χ0v) is 13.8. The zero-order chi connectivity index (χ0) is 15.9. The number of halogens is 1. The first kappa shape index (κ1) is 18.0. The predicted octanol–water partition coefficient (Wildman–Crippen LogP) is 2.49. The second-order valence-corrected chi connectivity index (χ2v) is 7.06. The van der Waals surface area contributed by atoms with Crippen molar-refractivity contribution >= 4 is 21.6 Å². The number of benzene rings is 1. The van der Waals surface area contributed by atoms with Crippen LogP contribution in [0.5, 0.6) is 0 Å². The highest BCUT2D eigenvalue weighted by molar-refractivity contribution is 7.89. The van der Waals surface area contributed by atoms with E-state index in [1.807, 2.05) is 0 Å². The van der Waals surface area contributed by atoms with Gasteiger partial charge in [-0.15, -0.1) is 0 Å². The molecule has 4 nitrogen and oxygen atoms in total. The predicted molar refractivity (Wildman–Crippen MR) is 84.8 cm³/mol. The second-order valence-electron chi connectivity index (χ2n) is 4.64. The van der Waals surface area contributed by atoms with Crippen LogP contribution in [0.2, 0.25) is 5.02 Å². The molecular formula is C15H20ClNO3S. The van der Waals surface area contributed by atoms with Crippen molar-refractivity contribution in [2.45, 2.75) is 31.1 Å². The van der Waals surface area contributed by atoms with Gasteiger partial charge >= 0.3 is 0 Å². The molecule has 0 atom stereocenters. The number of unbranched alkanes of at least 4 members (excludes halogenated alkanes) is 2. The van der Waals surface area contributed by atoms with E-state index in [1.165, 1.54) is 16.4 Å². The average Bonchev–Trinajstić information content (AvgIpc) is 2.45. The Morgan fingerprint density at radius 2 is 2.05 bits per heavy atom. The summed E-state index contributed by atoms with van der Waals surface area (Å²) in [5, 5.41) is 8.79. The first-order valence-corrected chi connectivity index (χ1v) is 8.61. The van der Waals surface area contributed by atoms with Crippen LogP contribution in [0.3, 0.4) is 0 Å². The molecule has 1 aromatic carbocycles. The van der Waals surface area contributed by atoms with E-state index >= 15 is 0 Å². The van der Waals surface area contributed by atoms with Crippen LogP contribution in [-0.2, 0) is 10.0 Å². The van der Waals surface area contributed by atoms with Crippen LogP contribution in [0.15, 0.2) is 23.1 Å². The third kappa shape index (κ3) is 5.01. The summed E-state index contributed by atoms with van der Waals surface area (Å²) in [4.78, 5) is 0.0812. The Kier molecular flexibility index (Phi) is 7.20. The molecule has 0 heterocycles. The molecule has 0 bridgehead atoms. The Balaban J connectivity index is 2.98. The van der Waals surface area contributed by atoms with Crippen LogP contribution in [0, 0.1) is 11.8 Å². The molecular weight excluding hydrogens is 310 g/mol. The number of sulfonamides is 1. The van der Waals surface area contributed by atoms with Gasteiger partial charge in [-0.05, 0) is 24.6 Å². The summed E-state index contributed by atoms with van der Waals surface area (Å²) >= 11 is 6.06. The first-order chi connectivity index (χ1) is 9.93. The number of nitrogens with zero attached hydrogens (tertiary/aromatic N) is 1. The summed E-state index contributed by atoms with van der Waals surface area (Å²) in [5.41, 5.74) is 0.571. The molecule has 21 heavy (non-hydrogen) atoms. The summed E-state index contributed by atoms with van der Waals surface area (Å²) in [6, 6.07) is 4.54. The van der Waals surface area contributed by atoms with Crippen molar-refractivity contribution in [3.63, 3.8) is 0 Å². The molecule has 0 aliphatic carbocycles. The molecule has 1 aromatic rings. The maximum absolute atomic E-state index is 12.4. The van der Waals surface area contributed by atoms with Crippen molar-refractivity contribution in [1.29, 1.82) is 0 Å². The Morgan fingerprint density at radius 1 is 1.33 bits per heavy atom. The number of hydrogen-bond acceptors (Lipinski definition) is 3. The molecule has 0 aliphatic heterocycles. The summed E-state index contributed by atoms with van der Waals surface area (Å²) in [7, 11) is -2.03. The zero-order valence-electron chi connectivity index (χ0n) is 12.3. The van der Waals surface area contributed by atoms with Crippen molar-refractivity contribution in [2.75, 3.05) is 20.2 Å². The van der Waals surface area contributed by atoms with Gasteiger partial charge in [-0.3, -0.25) is 0 Å². The Hall–Kier alpha value is -1.06. The van der Waals surface area contributed by atoms with Gasteiger partial charge in [0.2, 0.25) is 10.0 Å². The van der Waals surface area contributed by atoms with Crippen LogP contribution in [-0.4, -0.2) is 38.0 Å². The molecule has 0 saturated carbocycles. The molecule has 6 heteroatoms. The molecule has 0 aromatic heterocycles. The third-order valence-corrected chi connectivity index (χ3v) is 5.35. The molecule has 0 aliphatic rings. The molecule has 0 spiro atoms. The highest BCUT2D eigenvalue weighted by atomic mass is 35.5. The summed E-state index contributed by atoms with van der Waals surface area (Å²) in [6.45, 7) is 2.29. The molecule has 1 rings (SSSR count). The van der Waals surface area contributed by atoms with Gasteiger partial charge in [-0.1, -0.05) is 43.2 Å². The van der Waals surface area contributed by atoms with Crippen LogP contribution in [0.25, 0.3) is 0 Å². The van der Waals surface area contributed by atoms with E-state index in [9.17, 15) is 8.42 Å². The standard InChI is InChI=1S/C15H20ClNO3S/c1-3-4-5-10-17(2)21(19,20)15-9-8-13(7-6-11-18)12-14(15)16/h8-9,12,18H,3-5,10-11H2,1-2H3. The van der Waals surface area contributed by atoms with Gasteiger partial charge in [0.15, 0.2) is 0 Å². The van der Waals surface area contributed by atoms with Crippen LogP contribution >= 0.6 is 11.6 Å². The number of aliphatic hydroxyl groups excluding tert-OH is 1. The lowest BCUT2D eigenvalue weighted by atomic mass is 10.2. The minimum Gasteiger partial charge on any atom is -0.384 e. The highest BCUT2D eigenvalue weighted by Gasteiger charge is 2.23. The van der Waals surface area contributed by atoms with Crippen LogP contribution in [0.4, 0.5) is 0 Å². The van der Waals surface area contributed by atoms with Crippen molar-refractivity contribution < 1.29 is 13.5 Å². The van der Waals surface area contributed by atoms with E-state index in [-0.39, 0.29) is 16.5 Å². The summed E-state index contributed by atoms with van der Waals surface area (Å²) in [5.74, 6) is 5.19. The monoisotopic (exact) mass is 329 g/mol. The van der Waals surface area contributed by atoms with Gasteiger partial charge in [0.1, 0.15) is 11.5 Å². The summed E-state index contributed by atoms with van der Waals surface area (Å²) in [6.07, 6.45) is 2.85. The molecule has 0 saturated heterocycles. The fourth-order valence-corrected chi connectivity index (χ4v) is 3.53. The number of hydrogen-bond donors (Lipinski definition) is 1. The van der Waals surface area contributed by atoms with Crippen molar-refractivity contribution in [3.05, 3.63) is 28.8 Å². The van der Waals surface area contributed by atoms with Crippen LogP contribution < -0.4 is 0 Å². The fourth-order valence-electron chi connectivity index (χ4n) is 1.80. The molecule has 0 radical (unpaired) electrons. The van der Waals surface area contributed by atoms with Gasteiger partial charge in [0.05, 0.1) is 5.02 Å². The van der Waals surface area contributed by atoms with Gasteiger partial charge in [-0.25, -0.2) is 12.7 Å². The van der Waals surface area contributed by atoms with Gasteiger partial charge < -0.3 is 5.11 Å². The largest absolute Gasteiger partial charge is 0.384 e. The van der Waals surface area contributed by atoms with E-state index in [1.54, 1.807) is 13.1 Å². The lowest BCUT2D eigenvalue weighted by Gasteiger charge is -2.17. The van der Waals surface area contributed by atoms with Gasteiger partial charge in [0.25, 0.3) is 0 Å². The van der Waals surface area contributed by atoms with E-state index in [0.717, 1.165) is 19.3 Å². The molecule has 0 fully saturated rings. The van der Waals surface area contributed by atoms with E-state index in [0.29, 0.717) is 12.1 Å². The Morgan fingerprint density at radius 3 is 2.62 bits per heavy atom. The van der Waals surface area contributed by atoms with E-state index in [4.69, 9.17) is 16.7 Å². The number of rotatable bonds is 6. The lowest BCUT2D eigenvalue weighted by Crippen LogP contribution is -2.28. The summed E-state index contributed by atoms with van der Waals surface area (Å²) < 4.78 is 26.2. The second kappa shape index (κ2) is 8.40. The Bertz CT molecular complexity index is 632. The maximum Gasteiger partial charge on any atom is 0.244 e. The van der Waals surface area contributed by atoms with E-state index in [2.05, 4.69) is 18.8 Å². The topological polar surface area (TPSA) is 57.6 Å². The fraction of sp³-hybridized carbons (Fsp3) is 0.467.